The number of nitrogens with zero attached hydrogens (tertiary/aromatic N) is 3. The van der Waals surface area contributed by atoms with E-state index in [1.165, 1.54) is 18.3 Å². The molecule has 1 N–H and O–H groups in total. The summed E-state index contributed by atoms with van der Waals surface area (Å²) in [5.41, 5.74) is 3.69. The molecule has 3 heterocycles. The predicted molar refractivity (Wildman–Crippen MR) is 122 cm³/mol. The van der Waals surface area contributed by atoms with Crippen molar-refractivity contribution in [3.8, 4) is 0 Å². The molecule has 0 bridgehead atoms. The Bertz CT molecular complexity index is 1210. The van der Waals surface area contributed by atoms with Gasteiger partial charge in [-0.05, 0) is 53.8 Å². The van der Waals surface area contributed by atoms with E-state index < -0.39 is 5.56 Å². The number of fused-ring (bicyclic) bond motifs is 1. The van der Waals surface area contributed by atoms with Gasteiger partial charge < -0.3 is 9.94 Å². The molecular weight excluding hydrogens is 409 g/mol. The summed E-state index contributed by atoms with van der Waals surface area (Å²) >= 11 is 0. The van der Waals surface area contributed by atoms with Crippen molar-refractivity contribution in [3.05, 3.63) is 93.8 Å². The zero-order valence-corrected chi connectivity index (χ0v) is 18.0. The second-order valence-electron chi connectivity index (χ2n) is 7.88. The highest BCUT2D eigenvalue weighted by atomic mass is 19.1. The van der Waals surface area contributed by atoms with E-state index in [1.807, 2.05) is 19.1 Å². The van der Waals surface area contributed by atoms with Gasteiger partial charge in [0.15, 0.2) is 0 Å². The number of hydrogen-bond donors (Lipinski definition) is 1. The molecule has 1 aliphatic heterocycles. The molecule has 0 unspecified atom stereocenters. The molecule has 0 saturated carbocycles. The molecular formula is C25H26FN3O3. The maximum atomic E-state index is 13.1. The number of aryl methyl sites for hydroxylation is 1. The van der Waals surface area contributed by atoms with Gasteiger partial charge in [0.2, 0.25) is 0 Å². The highest BCUT2D eigenvalue weighted by molar-refractivity contribution is 5.93. The van der Waals surface area contributed by atoms with Gasteiger partial charge in [-0.15, -0.1) is 0 Å². The normalized spacial score (nSPS) is 15.6. The average Bonchev–Trinajstić information content (AvgIpc) is 2.80. The standard InChI is InChI=1S/C25H26FN3O3/c1-18-16-27-24-22(10-11-29(31)25(24)30)23(18)20(17-28-12-14-32-15-13-28)5-3-2-4-19-6-8-21(26)9-7-19/h2-3,5-11,16,31H,4,12-15,17H2,1H3/b3-2-,20-5-. The van der Waals surface area contributed by atoms with E-state index in [4.69, 9.17) is 4.74 Å². The minimum absolute atomic E-state index is 0.235. The van der Waals surface area contributed by atoms with Crippen LogP contribution in [0.5, 0.6) is 0 Å². The molecule has 6 nitrogen and oxygen atoms in total. The Morgan fingerprint density at radius 2 is 1.97 bits per heavy atom. The topological polar surface area (TPSA) is 67.6 Å². The van der Waals surface area contributed by atoms with Crippen molar-refractivity contribution >= 4 is 16.5 Å². The molecule has 1 saturated heterocycles. The lowest BCUT2D eigenvalue weighted by Crippen LogP contribution is -2.37. The van der Waals surface area contributed by atoms with Crippen molar-refractivity contribution < 1.29 is 14.3 Å². The summed E-state index contributed by atoms with van der Waals surface area (Å²) in [6.07, 6.45) is 9.81. The fraction of sp³-hybridized carbons (Fsp3) is 0.280. The predicted octanol–water partition coefficient (Wildman–Crippen LogP) is 3.60. The Morgan fingerprint density at radius 1 is 1.22 bits per heavy atom. The summed E-state index contributed by atoms with van der Waals surface area (Å²) in [6.45, 7) is 5.73. The van der Waals surface area contributed by atoms with Crippen molar-refractivity contribution in [1.29, 1.82) is 0 Å². The third-order valence-corrected chi connectivity index (χ3v) is 5.62. The highest BCUT2D eigenvalue weighted by Crippen LogP contribution is 2.27. The van der Waals surface area contributed by atoms with Crippen LogP contribution in [0.2, 0.25) is 0 Å². The van der Waals surface area contributed by atoms with Crippen LogP contribution in [-0.4, -0.2) is 52.7 Å². The number of rotatable bonds is 6. The lowest BCUT2D eigenvalue weighted by Gasteiger charge is -2.28. The maximum Gasteiger partial charge on any atom is 0.309 e. The van der Waals surface area contributed by atoms with Crippen molar-refractivity contribution in [2.45, 2.75) is 13.3 Å². The monoisotopic (exact) mass is 435 g/mol. The van der Waals surface area contributed by atoms with Gasteiger partial charge in [-0.3, -0.25) is 9.69 Å². The van der Waals surface area contributed by atoms with E-state index in [0.717, 1.165) is 35.4 Å². The Hall–Kier alpha value is -3.29. The molecule has 7 heteroatoms. The van der Waals surface area contributed by atoms with Crippen LogP contribution in [0.1, 0.15) is 16.7 Å². The van der Waals surface area contributed by atoms with Crippen LogP contribution in [0.3, 0.4) is 0 Å². The van der Waals surface area contributed by atoms with Gasteiger partial charge >= 0.3 is 5.56 Å². The molecule has 0 radical (unpaired) electrons. The molecule has 0 atom stereocenters. The second-order valence-corrected chi connectivity index (χ2v) is 7.88. The lowest BCUT2D eigenvalue weighted by atomic mass is 9.96. The van der Waals surface area contributed by atoms with Gasteiger partial charge in [0.05, 0.1) is 13.2 Å². The molecule has 2 aromatic heterocycles. The molecule has 32 heavy (non-hydrogen) atoms. The molecule has 1 aromatic carbocycles. The number of hydrogen-bond acceptors (Lipinski definition) is 5. The number of aromatic nitrogens is 2. The van der Waals surface area contributed by atoms with E-state index >= 15 is 0 Å². The third kappa shape index (κ3) is 4.95. The molecule has 3 aromatic rings. The molecule has 0 spiro atoms. The van der Waals surface area contributed by atoms with E-state index in [2.05, 4.69) is 16.0 Å². The molecule has 4 rings (SSSR count). The average molecular weight is 435 g/mol. The van der Waals surface area contributed by atoms with Crippen LogP contribution in [0.4, 0.5) is 4.39 Å². The van der Waals surface area contributed by atoms with E-state index in [9.17, 15) is 14.4 Å². The first-order valence-corrected chi connectivity index (χ1v) is 10.6. The lowest BCUT2D eigenvalue weighted by molar-refractivity contribution is 0.0444. The zero-order chi connectivity index (χ0) is 22.5. The molecule has 166 valence electrons. The third-order valence-electron chi connectivity index (χ3n) is 5.62. The Labute approximate surface area is 185 Å². The first kappa shape index (κ1) is 21.9. The second kappa shape index (κ2) is 9.89. The molecule has 0 aliphatic carbocycles. The first-order chi connectivity index (χ1) is 15.5. The van der Waals surface area contributed by atoms with Gasteiger partial charge in [0.1, 0.15) is 11.3 Å². The fourth-order valence-corrected chi connectivity index (χ4v) is 3.93. The SMILES string of the molecule is Cc1cnc2c(=O)n(O)ccc2c1/C(=C\C=C/Cc1ccc(F)cc1)CN1CCOCC1. The van der Waals surface area contributed by atoms with Gasteiger partial charge in [0.25, 0.3) is 0 Å². The quantitative estimate of drug-likeness (QED) is 0.473. The van der Waals surface area contributed by atoms with E-state index in [-0.39, 0.29) is 11.3 Å². The smallest absolute Gasteiger partial charge is 0.309 e. The maximum absolute atomic E-state index is 13.1. The summed E-state index contributed by atoms with van der Waals surface area (Å²) in [4.78, 5) is 19.0. The van der Waals surface area contributed by atoms with E-state index in [1.54, 1.807) is 24.4 Å². The zero-order valence-electron chi connectivity index (χ0n) is 18.0. The fourth-order valence-electron chi connectivity index (χ4n) is 3.93. The summed E-state index contributed by atoms with van der Waals surface area (Å²) in [6, 6.07) is 8.20. The van der Waals surface area contributed by atoms with Gasteiger partial charge in [-0.2, -0.15) is 4.73 Å². The van der Waals surface area contributed by atoms with Crippen LogP contribution in [0, 0.1) is 12.7 Å². The summed E-state index contributed by atoms with van der Waals surface area (Å²) in [7, 11) is 0. The number of morpholine rings is 1. The Morgan fingerprint density at radius 3 is 2.72 bits per heavy atom. The Kier molecular flexibility index (Phi) is 6.78. The van der Waals surface area contributed by atoms with Crippen molar-refractivity contribution in [3.63, 3.8) is 0 Å². The van der Waals surface area contributed by atoms with Gasteiger partial charge in [0, 0.05) is 37.4 Å². The van der Waals surface area contributed by atoms with Crippen molar-refractivity contribution in [2.24, 2.45) is 0 Å². The number of ether oxygens (including phenoxy) is 1. The highest BCUT2D eigenvalue weighted by Gasteiger charge is 2.18. The largest absolute Gasteiger partial charge is 0.425 e. The number of allylic oxidation sites excluding steroid dienone is 3. The van der Waals surface area contributed by atoms with Crippen LogP contribution in [-0.2, 0) is 11.2 Å². The van der Waals surface area contributed by atoms with Crippen molar-refractivity contribution in [2.75, 3.05) is 32.8 Å². The summed E-state index contributed by atoms with van der Waals surface area (Å²) in [5, 5.41) is 10.5. The molecule has 1 aliphatic rings. The van der Waals surface area contributed by atoms with Crippen LogP contribution < -0.4 is 5.56 Å². The van der Waals surface area contributed by atoms with Crippen LogP contribution >= 0.6 is 0 Å². The number of pyridine rings is 2. The van der Waals surface area contributed by atoms with Gasteiger partial charge in [-0.25, -0.2) is 9.37 Å². The molecule has 1 fully saturated rings. The summed E-state index contributed by atoms with van der Waals surface area (Å²) < 4.78 is 19.2. The minimum atomic E-state index is -0.540. The van der Waals surface area contributed by atoms with E-state index in [0.29, 0.717) is 36.3 Å². The number of benzene rings is 1. The number of halogens is 1. The molecule has 0 amide bonds. The van der Waals surface area contributed by atoms with Crippen LogP contribution in [0.25, 0.3) is 16.5 Å². The van der Waals surface area contributed by atoms with Crippen LogP contribution in [0.15, 0.2) is 65.7 Å². The Balaban J connectivity index is 1.70. The summed E-state index contributed by atoms with van der Waals surface area (Å²) in [5.74, 6) is -0.243. The minimum Gasteiger partial charge on any atom is -0.425 e. The first-order valence-electron chi connectivity index (χ1n) is 10.6. The van der Waals surface area contributed by atoms with Gasteiger partial charge in [-0.1, -0.05) is 30.4 Å². The van der Waals surface area contributed by atoms with Crippen molar-refractivity contribution in [1.82, 2.24) is 14.6 Å².